The number of nitrogens with two attached hydrogens (primary N) is 1. The van der Waals surface area contributed by atoms with Gasteiger partial charge in [0.2, 0.25) is 10.0 Å². The maximum absolute atomic E-state index is 12.0. The maximum atomic E-state index is 12.0. The van der Waals surface area contributed by atoms with Gasteiger partial charge >= 0.3 is 0 Å². The molecule has 1 rings (SSSR count). The molecule has 3 N–H and O–H groups in total. The molecule has 17 heavy (non-hydrogen) atoms. The molecule has 0 aliphatic heterocycles. The summed E-state index contributed by atoms with van der Waals surface area (Å²) in [5, 5.41) is 0.395. The lowest BCUT2D eigenvalue weighted by atomic mass is 10.3. The second kappa shape index (κ2) is 5.68. The predicted molar refractivity (Wildman–Crippen MR) is 67.5 cm³/mol. The molecule has 7 heteroatoms. The summed E-state index contributed by atoms with van der Waals surface area (Å²) in [6, 6.07) is 3.92. The third-order valence-electron chi connectivity index (χ3n) is 2.03. The van der Waals surface area contributed by atoms with Crippen LogP contribution in [0.15, 0.2) is 23.1 Å². The smallest absolute Gasteiger partial charge is 0.242 e. The number of benzene rings is 1. The van der Waals surface area contributed by atoms with Crippen molar-refractivity contribution in [3.05, 3.63) is 23.2 Å². The molecule has 0 aromatic heterocycles. The zero-order chi connectivity index (χ0) is 13.1. The Morgan fingerprint density at radius 2 is 2.18 bits per heavy atom. The quantitative estimate of drug-likeness (QED) is 0.794. The molecule has 1 aromatic carbocycles. The fourth-order valence-electron chi connectivity index (χ4n) is 1.38. The summed E-state index contributed by atoms with van der Waals surface area (Å²) in [5.41, 5.74) is 5.74. The Bertz CT molecular complexity index is 490. The molecule has 1 atom stereocenters. The van der Waals surface area contributed by atoms with Crippen LogP contribution in [0.2, 0.25) is 5.02 Å². The van der Waals surface area contributed by atoms with Crippen LogP contribution in [0.1, 0.15) is 6.92 Å². The number of ether oxygens (including phenoxy) is 1. The summed E-state index contributed by atoms with van der Waals surface area (Å²) in [5.74, 6) is 0. The average molecular weight is 279 g/mol. The minimum Gasteiger partial charge on any atom is -0.398 e. The van der Waals surface area contributed by atoms with E-state index in [1.54, 1.807) is 6.92 Å². The Labute approximate surface area is 106 Å². The summed E-state index contributed by atoms with van der Waals surface area (Å²) in [7, 11) is -2.14. The molecule has 5 nitrogen and oxygen atoms in total. The van der Waals surface area contributed by atoms with Gasteiger partial charge in [-0.1, -0.05) is 11.6 Å². The van der Waals surface area contributed by atoms with E-state index in [1.807, 2.05) is 0 Å². The maximum Gasteiger partial charge on any atom is 0.242 e. The second-order valence-corrected chi connectivity index (χ2v) is 5.78. The first-order valence-corrected chi connectivity index (χ1v) is 6.79. The number of hydrogen-bond acceptors (Lipinski definition) is 4. The van der Waals surface area contributed by atoms with Crippen LogP contribution in [-0.4, -0.2) is 28.2 Å². The molecular weight excluding hydrogens is 264 g/mol. The first-order valence-electron chi connectivity index (χ1n) is 4.93. The Morgan fingerprint density at radius 3 is 2.71 bits per heavy atom. The Kier molecular flexibility index (Phi) is 4.76. The Morgan fingerprint density at radius 1 is 1.53 bits per heavy atom. The number of nitrogen functional groups attached to an aromatic ring is 1. The standard InChI is InChI=1S/C10H15ClN2O3S/c1-7(6-16-2)13-17(14,15)10-4-3-8(11)5-9(10)12/h3-5,7,13H,6,12H2,1-2H3. The molecule has 0 heterocycles. The van der Waals surface area contributed by atoms with E-state index in [-0.39, 0.29) is 23.2 Å². The van der Waals surface area contributed by atoms with E-state index in [4.69, 9.17) is 22.1 Å². The molecule has 0 bridgehead atoms. The first kappa shape index (κ1) is 14.2. The van der Waals surface area contributed by atoms with Gasteiger partial charge in [-0.05, 0) is 25.1 Å². The first-order chi connectivity index (χ1) is 7.86. The van der Waals surface area contributed by atoms with Crippen molar-refractivity contribution >= 4 is 27.3 Å². The van der Waals surface area contributed by atoms with Crippen LogP contribution < -0.4 is 10.5 Å². The SMILES string of the molecule is COCC(C)NS(=O)(=O)c1ccc(Cl)cc1N. The van der Waals surface area contributed by atoms with Crippen molar-refractivity contribution < 1.29 is 13.2 Å². The van der Waals surface area contributed by atoms with E-state index in [1.165, 1.54) is 25.3 Å². The van der Waals surface area contributed by atoms with E-state index in [0.29, 0.717) is 5.02 Å². The molecule has 1 aromatic rings. The lowest BCUT2D eigenvalue weighted by Gasteiger charge is -2.14. The second-order valence-electron chi connectivity index (χ2n) is 3.66. The van der Waals surface area contributed by atoms with Gasteiger partial charge in [0, 0.05) is 18.2 Å². The molecule has 0 radical (unpaired) electrons. The lowest BCUT2D eigenvalue weighted by Crippen LogP contribution is -2.35. The summed E-state index contributed by atoms with van der Waals surface area (Å²) in [4.78, 5) is 0.0184. The van der Waals surface area contributed by atoms with Crippen molar-refractivity contribution in [1.29, 1.82) is 0 Å². The number of rotatable bonds is 5. The molecule has 0 saturated carbocycles. The van der Waals surface area contributed by atoms with Crippen molar-refractivity contribution in [2.75, 3.05) is 19.5 Å². The molecule has 0 spiro atoms. The molecule has 0 fully saturated rings. The number of methoxy groups -OCH3 is 1. The van der Waals surface area contributed by atoms with Crippen LogP contribution >= 0.6 is 11.6 Å². The summed E-state index contributed by atoms with van der Waals surface area (Å²) in [6.07, 6.45) is 0. The van der Waals surface area contributed by atoms with Crippen molar-refractivity contribution in [2.45, 2.75) is 17.9 Å². The van der Waals surface area contributed by atoms with Crippen molar-refractivity contribution in [3.8, 4) is 0 Å². The normalized spacial score (nSPS) is 13.6. The van der Waals surface area contributed by atoms with Crippen LogP contribution in [0.4, 0.5) is 5.69 Å². The van der Waals surface area contributed by atoms with Gasteiger partial charge in [0.1, 0.15) is 4.90 Å². The van der Waals surface area contributed by atoms with E-state index >= 15 is 0 Å². The predicted octanol–water partition coefficient (Wildman–Crippen LogP) is 1.24. The third-order valence-corrected chi connectivity index (χ3v) is 3.93. The van der Waals surface area contributed by atoms with Crippen LogP contribution in [0.25, 0.3) is 0 Å². The molecule has 0 aliphatic rings. The average Bonchev–Trinajstić information content (AvgIpc) is 2.15. The molecule has 0 saturated heterocycles. The Balaban J connectivity index is 2.97. The lowest BCUT2D eigenvalue weighted by molar-refractivity contribution is 0.180. The van der Waals surface area contributed by atoms with Crippen molar-refractivity contribution in [3.63, 3.8) is 0 Å². The topological polar surface area (TPSA) is 81.4 Å². The van der Waals surface area contributed by atoms with Gasteiger partial charge in [-0.15, -0.1) is 0 Å². The molecule has 0 aliphatic carbocycles. The van der Waals surface area contributed by atoms with Crippen LogP contribution in [0.3, 0.4) is 0 Å². The highest BCUT2D eigenvalue weighted by Crippen LogP contribution is 2.22. The summed E-state index contributed by atoms with van der Waals surface area (Å²) >= 11 is 5.71. The van der Waals surface area contributed by atoms with Gasteiger partial charge < -0.3 is 10.5 Å². The zero-order valence-electron chi connectivity index (χ0n) is 9.60. The van der Waals surface area contributed by atoms with Crippen LogP contribution in [0.5, 0.6) is 0 Å². The van der Waals surface area contributed by atoms with Gasteiger partial charge in [0.25, 0.3) is 0 Å². The zero-order valence-corrected chi connectivity index (χ0v) is 11.2. The fraction of sp³-hybridized carbons (Fsp3) is 0.400. The molecule has 0 amide bonds. The molecule has 96 valence electrons. The van der Waals surface area contributed by atoms with E-state index in [9.17, 15) is 8.42 Å². The van der Waals surface area contributed by atoms with E-state index in [2.05, 4.69) is 4.72 Å². The van der Waals surface area contributed by atoms with Gasteiger partial charge in [0.15, 0.2) is 0 Å². The number of sulfonamides is 1. The molecular formula is C10H15ClN2O3S. The highest BCUT2D eigenvalue weighted by molar-refractivity contribution is 7.89. The van der Waals surface area contributed by atoms with Gasteiger partial charge in [-0.3, -0.25) is 0 Å². The minimum atomic E-state index is -3.64. The van der Waals surface area contributed by atoms with Crippen LogP contribution in [-0.2, 0) is 14.8 Å². The number of nitrogens with one attached hydrogen (secondary N) is 1. The minimum absolute atomic E-state index is 0.0184. The Hall–Kier alpha value is -0.820. The number of halogens is 1. The summed E-state index contributed by atoms with van der Waals surface area (Å²) < 4.78 is 31.2. The highest BCUT2D eigenvalue weighted by Gasteiger charge is 2.19. The fourth-order valence-corrected chi connectivity index (χ4v) is 2.90. The number of anilines is 1. The van der Waals surface area contributed by atoms with Gasteiger partial charge in [0.05, 0.1) is 12.3 Å². The van der Waals surface area contributed by atoms with E-state index in [0.717, 1.165) is 0 Å². The van der Waals surface area contributed by atoms with Crippen molar-refractivity contribution in [1.82, 2.24) is 4.72 Å². The largest absolute Gasteiger partial charge is 0.398 e. The van der Waals surface area contributed by atoms with Gasteiger partial charge in [-0.2, -0.15) is 0 Å². The number of hydrogen-bond donors (Lipinski definition) is 2. The van der Waals surface area contributed by atoms with Crippen molar-refractivity contribution in [2.24, 2.45) is 0 Å². The highest BCUT2D eigenvalue weighted by atomic mass is 35.5. The van der Waals surface area contributed by atoms with Gasteiger partial charge in [-0.25, -0.2) is 13.1 Å². The summed E-state index contributed by atoms with van der Waals surface area (Å²) in [6.45, 7) is 1.99. The van der Waals surface area contributed by atoms with Crippen LogP contribution in [0, 0.1) is 0 Å². The third kappa shape index (κ3) is 3.85. The van der Waals surface area contributed by atoms with E-state index < -0.39 is 10.0 Å². The monoisotopic (exact) mass is 278 g/mol. The molecule has 1 unspecified atom stereocenters.